The molecule has 0 spiro atoms. The molecule has 0 atom stereocenters. The zero-order chi connectivity index (χ0) is 19.5. The zero-order valence-electron chi connectivity index (χ0n) is 15.2. The molecule has 0 bridgehead atoms. The van der Waals surface area contributed by atoms with E-state index < -0.39 is 0 Å². The molecule has 0 aliphatic carbocycles. The highest BCUT2D eigenvalue weighted by Crippen LogP contribution is 2.39. The number of oxazole rings is 1. The van der Waals surface area contributed by atoms with Crippen LogP contribution in [0.2, 0.25) is 0 Å². The second kappa shape index (κ2) is 7.40. The van der Waals surface area contributed by atoms with Crippen molar-refractivity contribution < 1.29 is 14.3 Å². The van der Waals surface area contributed by atoms with Crippen LogP contribution in [-0.2, 0) is 4.79 Å². The van der Waals surface area contributed by atoms with Gasteiger partial charge in [-0.1, -0.05) is 66.7 Å². The maximum atomic E-state index is 11.6. The van der Waals surface area contributed by atoms with E-state index in [0.717, 1.165) is 16.7 Å². The molecule has 4 aromatic rings. The van der Waals surface area contributed by atoms with E-state index in [2.05, 4.69) is 10.3 Å². The van der Waals surface area contributed by atoms with Gasteiger partial charge in [0, 0.05) is 23.6 Å². The normalized spacial score (nSPS) is 10.6. The van der Waals surface area contributed by atoms with Gasteiger partial charge in [0.05, 0.1) is 0 Å². The van der Waals surface area contributed by atoms with Gasteiger partial charge in [0.1, 0.15) is 11.4 Å². The van der Waals surface area contributed by atoms with Crippen molar-refractivity contribution in [2.24, 2.45) is 0 Å². The van der Waals surface area contributed by atoms with Crippen molar-refractivity contribution in [3.8, 4) is 39.6 Å². The minimum Gasteiger partial charge on any atom is -0.507 e. The first-order chi connectivity index (χ1) is 13.6. The molecule has 1 heterocycles. The number of benzene rings is 3. The highest BCUT2D eigenvalue weighted by molar-refractivity contribution is 5.92. The van der Waals surface area contributed by atoms with Crippen molar-refractivity contribution >= 4 is 11.8 Å². The standard InChI is InChI=1S/C23H18N2O3/c1-15(26)24-23-21(16-9-3-2-4-10-16)25-22(28-23)19-13-6-5-11-17(19)18-12-7-8-14-20(18)27/h2-14,27H,1H3,(H,24,26). The Kier molecular flexibility index (Phi) is 4.64. The van der Waals surface area contributed by atoms with Gasteiger partial charge in [-0.15, -0.1) is 0 Å². The number of rotatable bonds is 4. The number of amides is 1. The number of para-hydroxylation sites is 1. The Hall–Kier alpha value is -3.86. The predicted molar refractivity (Wildman–Crippen MR) is 109 cm³/mol. The van der Waals surface area contributed by atoms with Crippen LogP contribution in [-0.4, -0.2) is 16.0 Å². The van der Waals surface area contributed by atoms with E-state index in [-0.39, 0.29) is 11.7 Å². The average molecular weight is 370 g/mol. The molecule has 0 saturated carbocycles. The van der Waals surface area contributed by atoms with Crippen LogP contribution in [0.25, 0.3) is 33.8 Å². The van der Waals surface area contributed by atoms with E-state index >= 15 is 0 Å². The lowest BCUT2D eigenvalue weighted by molar-refractivity contribution is -0.114. The molecular formula is C23H18N2O3. The monoisotopic (exact) mass is 370 g/mol. The van der Waals surface area contributed by atoms with E-state index in [1.165, 1.54) is 6.92 Å². The summed E-state index contributed by atoms with van der Waals surface area (Å²) < 4.78 is 5.94. The molecule has 2 N–H and O–H groups in total. The van der Waals surface area contributed by atoms with Crippen LogP contribution in [0, 0.1) is 0 Å². The molecule has 5 heteroatoms. The maximum Gasteiger partial charge on any atom is 0.229 e. The predicted octanol–water partition coefficient (Wildman–Crippen LogP) is 5.34. The summed E-state index contributed by atoms with van der Waals surface area (Å²) in [7, 11) is 0. The number of aromatic hydroxyl groups is 1. The van der Waals surface area contributed by atoms with E-state index in [0.29, 0.717) is 23.0 Å². The smallest absolute Gasteiger partial charge is 0.229 e. The van der Waals surface area contributed by atoms with E-state index in [1.807, 2.05) is 66.7 Å². The fourth-order valence-corrected chi connectivity index (χ4v) is 3.08. The van der Waals surface area contributed by atoms with Crippen LogP contribution >= 0.6 is 0 Å². The molecule has 1 aromatic heterocycles. The summed E-state index contributed by atoms with van der Waals surface area (Å²) in [4.78, 5) is 16.3. The molecule has 28 heavy (non-hydrogen) atoms. The topological polar surface area (TPSA) is 75.4 Å². The summed E-state index contributed by atoms with van der Waals surface area (Å²) >= 11 is 0. The zero-order valence-corrected chi connectivity index (χ0v) is 15.2. The first kappa shape index (κ1) is 17.5. The van der Waals surface area contributed by atoms with Gasteiger partial charge in [0.2, 0.25) is 17.7 Å². The highest BCUT2D eigenvalue weighted by Gasteiger charge is 2.20. The molecule has 0 fully saturated rings. The number of aromatic nitrogens is 1. The maximum absolute atomic E-state index is 11.6. The Morgan fingerprint density at radius 2 is 1.46 bits per heavy atom. The third kappa shape index (κ3) is 3.38. The minimum absolute atomic E-state index is 0.173. The molecule has 0 aliphatic rings. The van der Waals surface area contributed by atoms with Crippen molar-refractivity contribution in [3.05, 3.63) is 78.9 Å². The lowest BCUT2D eigenvalue weighted by Crippen LogP contribution is -2.05. The van der Waals surface area contributed by atoms with Crippen molar-refractivity contribution in [1.29, 1.82) is 0 Å². The van der Waals surface area contributed by atoms with Crippen LogP contribution in [0.5, 0.6) is 5.75 Å². The number of phenolic OH excluding ortho intramolecular Hbond substituents is 1. The highest BCUT2D eigenvalue weighted by atomic mass is 16.4. The fraction of sp³-hybridized carbons (Fsp3) is 0.0435. The van der Waals surface area contributed by atoms with Crippen LogP contribution in [0.4, 0.5) is 5.88 Å². The molecule has 0 saturated heterocycles. The number of anilines is 1. The quantitative estimate of drug-likeness (QED) is 0.508. The second-order valence-corrected chi connectivity index (χ2v) is 6.31. The second-order valence-electron chi connectivity index (χ2n) is 6.31. The van der Waals surface area contributed by atoms with Crippen LogP contribution < -0.4 is 5.32 Å². The number of carbonyl (C=O) groups is 1. The van der Waals surface area contributed by atoms with E-state index in [9.17, 15) is 9.90 Å². The summed E-state index contributed by atoms with van der Waals surface area (Å²) in [5.41, 5.74) is 3.58. The van der Waals surface area contributed by atoms with Gasteiger partial charge in [-0.2, -0.15) is 0 Å². The van der Waals surface area contributed by atoms with Gasteiger partial charge < -0.3 is 9.52 Å². The molecule has 3 aromatic carbocycles. The first-order valence-corrected chi connectivity index (χ1v) is 8.85. The summed E-state index contributed by atoms with van der Waals surface area (Å²) in [6.07, 6.45) is 0. The Morgan fingerprint density at radius 3 is 2.14 bits per heavy atom. The van der Waals surface area contributed by atoms with Gasteiger partial charge in [-0.05, 0) is 17.7 Å². The van der Waals surface area contributed by atoms with Crippen molar-refractivity contribution in [1.82, 2.24) is 4.98 Å². The molecule has 5 nitrogen and oxygen atoms in total. The van der Waals surface area contributed by atoms with Gasteiger partial charge in [-0.3, -0.25) is 10.1 Å². The molecule has 0 unspecified atom stereocenters. The average Bonchev–Trinajstić information content (AvgIpc) is 3.12. The van der Waals surface area contributed by atoms with Gasteiger partial charge >= 0.3 is 0 Å². The molecule has 0 radical (unpaired) electrons. The number of carbonyl (C=O) groups excluding carboxylic acids is 1. The SMILES string of the molecule is CC(=O)Nc1oc(-c2ccccc2-c2ccccc2O)nc1-c1ccccc1. The van der Waals surface area contributed by atoms with Crippen molar-refractivity contribution in [2.45, 2.75) is 6.92 Å². The molecule has 1 amide bonds. The van der Waals surface area contributed by atoms with E-state index in [4.69, 9.17) is 4.42 Å². The summed E-state index contributed by atoms with van der Waals surface area (Å²) in [5, 5.41) is 13.0. The van der Waals surface area contributed by atoms with Gasteiger partial charge in [0.15, 0.2) is 0 Å². The third-order valence-corrected chi connectivity index (χ3v) is 4.32. The first-order valence-electron chi connectivity index (χ1n) is 8.85. The van der Waals surface area contributed by atoms with Gasteiger partial charge in [-0.25, -0.2) is 4.98 Å². The summed E-state index contributed by atoms with van der Waals surface area (Å²) in [6.45, 7) is 1.42. The molecule has 0 aliphatic heterocycles. The number of nitrogens with one attached hydrogen (secondary N) is 1. The lowest BCUT2D eigenvalue weighted by Gasteiger charge is -2.08. The third-order valence-electron chi connectivity index (χ3n) is 4.32. The Labute approximate surface area is 162 Å². The number of hydrogen-bond donors (Lipinski definition) is 2. The van der Waals surface area contributed by atoms with E-state index in [1.54, 1.807) is 12.1 Å². The Balaban J connectivity index is 1.89. The minimum atomic E-state index is -0.242. The molecule has 4 rings (SSSR count). The van der Waals surface area contributed by atoms with Gasteiger partial charge in [0.25, 0.3) is 0 Å². The fourth-order valence-electron chi connectivity index (χ4n) is 3.08. The largest absolute Gasteiger partial charge is 0.507 e. The Morgan fingerprint density at radius 1 is 0.857 bits per heavy atom. The van der Waals surface area contributed by atoms with Crippen LogP contribution in [0.3, 0.4) is 0 Å². The number of hydrogen-bond acceptors (Lipinski definition) is 4. The summed E-state index contributed by atoms with van der Waals surface area (Å²) in [6, 6.07) is 24.2. The summed E-state index contributed by atoms with van der Waals surface area (Å²) in [5.74, 6) is 0.586. The molecule has 138 valence electrons. The number of nitrogens with zero attached hydrogens (tertiary/aromatic N) is 1. The van der Waals surface area contributed by atoms with Crippen molar-refractivity contribution in [2.75, 3.05) is 5.32 Å². The Bertz CT molecular complexity index is 1130. The van der Waals surface area contributed by atoms with Crippen LogP contribution in [0.15, 0.2) is 83.3 Å². The van der Waals surface area contributed by atoms with Crippen molar-refractivity contribution in [3.63, 3.8) is 0 Å². The molecular weight excluding hydrogens is 352 g/mol. The number of phenols is 1. The van der Waals surface area contributed by atoms with Crippen LogP contribution in [0.1, 0.15) is 6.92 Å². The lowest BCUT2D eigenvalue weighted by atomic mass is 9.99.